The molecule has 1 heterocycles. The third kappa shape index (κ3) is 2.86. The molecule has 2 rings (SSSR count). The second kappa shape index (κ2) is 5.46. The van der Waals surface area contributed by atoms with Crippen molar-refractivity contribution in [2.24, 2.45) is 5.73 Å². The van der Waals surface area contributed by atoms with Crippen molar-refractivity contribution in [3.8, 4) is 0 Å². The number of pyridine rings is 1. The van der Waals surface area contributed by atoms with Gasteiger partial charge in [0.2, 0.25) is 0 Å². The van der Waals surface area contributed by atoms with Crippen LogP contribution in [0.3, 0.4) is 0 Å². The summed E-state index contributed by atoms with van der Waals surface area (Å²) >= 11 is 5.64. The zero-order valence-electron chi connectivity index (χ0n) is 10.0. The van der Waals surface area contributed by atoms with Gasteiger partial charge in [-0.25, -0.2) is 4.39 Å². The molecular weight excluding hydrogens is 251 g/mol. The van der Waals surface area contributed by atoms with Gasteiger partial charge < -0.3 is 5.73 Å². The van der Waals surface area contributed by atoms with Crippen LogP contribution in [0.4, 0.5) is 4.39 Å². The lowest BCUT2D eigenvalue weighted by Gasteiger charge is -2.14. The normalized spacial score (nSPS) is 12.4. The first-order valence-corrected chi connectivity index (χ1v) is 6.05. The number of rotatable bonds is 3. The lowest BCUT2D eigenvalue weighted by Crippen LogP contribution is -2.15. The van der Waals surface area contributed by atoms with Gasteiger partial charge >= 0.3 is 0 Å². The Morgan fingerprint density at radius 3 is 2.83 bits per heavy atom. The summed E-state index contributed by atoms with van der Waals surface area (Å²) in [5, 5.41) is 0.130. The highest BCUT2D eigenvalue weighted by molar-refractivity contribution is 6.30. The predicted octanol–water partition coefficient (Wildman–Crippen LogP) is 3.43. The zero-order chi connectivity index (χ0) is 13.1. The Kier molecular flexibility index (Phi) is 3.94. The number of benzene rings is 1. The number of hydrogen-bond donors (Lipinski definition) is 1. The second-order valence-corrected chi connectivity index (χ2v) is 4.70. The Hall–Kier alpha value is -1.45. The van der Waals surface area contributed by atoms with Crippen LogP contribution in [0.15, 0.2) is 36.7 Å². The third-order valence-corrected chi connectivity index (χ3v) is 3.23. The van der Waals surface area contributed by atoms with Crippen molar-refractivity contribution < 1.29 is 4.39 Å². The fourth-order valence-electron chi connectivity index (χ4n) is 1.89. The van der Waals surface area contributed by atoms with Gasteiger partial charge in [-0.1, -0.05) is 17.7 Å². The second-order valence-electron chi connectivity index (χ2n) is 4.29. The summed E-state index contributed by atoms with van der Waals surface area (Å²) < 4.78 is 13.3. The monoisotopic (exact) mass is 264 g/mol. The Bertz CT molecular complexity index is 557. The molecule has 0 saturated carbocycles. The smallest absolute Gasteiger partial charge is 0.142 e. The molecule has 0 amide bonds. The van der Waals surface area contributed by atoms with Crippen molar-refractivity contribution in [2.45, 2.75) is 19.4 Å². The summed E-state index contributed by atoms with van der Waals surface area (Å²) in [4.78, 5) is 4.06. The maximum atomic E-state index is 13.3. The van der Waals surface area contributed by atoms with Crippen molar-refractivity contribution in [1.29, 1.82) is 0 Å². The molecule has 18 heavy (non-hydrogen) atoms. The number of aromatic nitrogens is 1. The molecule has 2 aromatic rings. The van der Waals surface area contributed by atoms with E-state index in [1.807, 2.05) is 13.0 Å². The summed E-state index contributed by atoms with van der Waals surface area (Å²) in [7, 11) is 0. The molecule has 0 aliphatic carbocycles. The van der Waals surface area contributed by atoms with E-state index < -0.39 is 5.82 Å². The summed E-state index contributed by atoms with van der Waals surface area (Å²) in [6.45, 7) is 1.99. The Morgan fingerprint density at radius 1 is 1.39 bits per heavy atom. The number of nitrogens with zero attached hydrogens (tertiary/aromatic N) is 1. The molecule has 0 aliphatic rings. The van der Waals surface area contributed by atoms with Gasteiger partial charge in [-0.2, -0.15) is 0 Å². The van der Waals surface area contributed by atoms with E-state index >= 15 is 0 Å². The van der Waals surface area contributed by atoms with Crippen LogP contribution in [0, 0.1) is 12.7 Å². The summed E-state index contributed by atoms with van der Waals surface area (Å²) in [6.07, 6.45) is 4.04. The van der Waals surface area contributed by atoms with Crippen molar-refractivity contribution in [2.75, 3.05) is 0 Å². The molecule has 94 valence electrons. The van der Waals surface area contributed by atoms with Crippen molar-refractivity contribution in [3.63, 3.8) is 0 Å². The van der Waals surface area contributed by atoms with E-state index in [1.54, 1.807) is 24.5 Å². The van der Waals surface area contributed by atoms with E-state index in [9.17, 15) is 4.39 Å². The first-order chi connectivity index (χ1) is 8.58. The first-order valence-electron chi connectivity index (χ1n) is 5.68. The Morgan fingerprint density at radius 2 is 2.17 bits per heavy atom. The predicted molar refractivity (Wildman–Crippen MR) is 71.0 cm³/mol. The van der Waals surface area contributed by atoms with E-state index in [0.717, 1.165) is 16.7 Å². The van der Waals surface area contributed by atoms with Gasteiger partial charge in [0.15, 0.2) is 0 Å². The molecular formula is C14H14ClFN2. The number of hydrogen-bond acceptors (Lipinski definition) is 2. The topological polar surface area (TPSA) is 38.9 Å². The van der Waals surface area contributed by atoms with Crippen LogP contribution in [0.25, 0.3) is 0 Å². The zero-order valence-corrected chi connectivity index (χ0v) is 10.8. The van der Waals surface area contributed by atoms with Crippen molar-refractivity contribution in [1.82, 2.24) is 4.98 Å². The van der Waals surface area contributed by atoms with E-state index in [2.05, 4.69) is 4.98 Å². The number of nitrogens with two attached hydrogens (primary N) is 1. The average molecular weight is 265 g/mol. The highest BCUT2D eigenvalue weighted by Crippen LogP contribution is 2.21. The molecule has 0 aliphatic heterocycles. The van der Waals surface area contributed by atoms with Crippen LogP contribution < -0.4 is 5.73 Å². The third-order valence-electron chi connectivity index (χ3n) is 2.92. The highest BCUT2D eigenvalue weighted by Gasteiger charge is 2.11. The first kappa shape index (κ1) is 13.0. The lowest BCUT2D eigenvalue weighted by molar-refractivity contribution is 0.622. The van der Waals surface area contributed by atoms with E-state index in [1.165, 1.54) is 6.07 Å². The Labute approximate surface area is 111 Å². The van der Waals surface area contributed by atoms with Crippen LogP contribution in [-0.2, 0) is 6.42 Å². The fraction of sp³-hybridized carbons (Fsp3) is 0.214. The van der Waals surface area contributed by atoms with Crippen LogP contribution in [0.2, 0.25) is 5.02 Å². The van der Waals surface area contributed by atoms with Crippen molar-refractivity contribution in [3.05, 3.63) is 64.2 Å². The standard InChI is InChI=1S/C14H14ClFN2/c1-9-4-5-18-8-11(9)14(17)7-10-2-3-12(15)13(16)6-10/h2-6,8,14H,7,17H2,1H3. The summed E-state index contributed by atoms with van der Waals surface area (Å²) in [5.41, 5.74) is 9.02. The number of halogens is 2. The molecule has 1 aromatic heterocycles. The minimum absolute atomic E-state index is 0.130. The SMILES string of the molecule is Cc1ccncc1C(N)Cc1ccc(Cl)c(F)c1. The fourth-order valence-corrected chi connectivity index (χ4v) is 2.01. The molecule has 0 spiro atoms. The maximum absolute atomic E-state index is 13.3. The molecule has 0 bridgehead atoms. The summed E-state index contributed by atoms with van der Waals surface area (Å²) in [5.74, 6) is -0.413. The van der Waals surface area contributed by atoms with Gasteiger partial charge in [-0.05, 0) is 48.2 Å². The minimum atomic E-state index is -0.413. The highest BCUT2D eigenvalue weighted by atomic mass is 35.5. The van der Waals surface area contributed by atoms with Crippen LogP contribution in [0.5, 0.6) is 0 Å². The van der Waals surface area contributed by atoms with Crippen LogP contribution in [0.1, 0.15) is 22.7 Å². The van der Waals surface area contributed by atoms with Crippen molar-refractivity contribution >= 4 is 11.6 Å². The van der Waals surface area contributed by atoms with Gasteiger partial charge in [0.1, 0.15) is 5.82 Å². The molecule has 0 radical (unpaired) electrons. The molecule has 1 aromatic carbocycles. The molecule has 4 heteroatoms. The largest absolute Gasteiger partial charge is 0.324 e. The van der Waals surface area contributed by atoms with Crippen LogP contribution in [-0.4, -0.2) is 4.98 Å². The lowest BCUT2D eigenvalue weighted by atomic mass is 9.98. The van der Waals surface area contributed by atoms with Gasteiger partial charge in [0, 0.05) is 18.4 Å². The van der Waals surface area contributed by atoms with E-state index in [-0.39, 0.29) is 11.1 Å². The van der Waals surface area contributed by atoms with Gasteiger partial charge in [0.05, 0.1) is 5.02 Å². The molecule has 1 unspecified atom stereocenters. The molecule has 0 fully saturated rings. The van der Waals surface area contributed by atoms with Crippen LogP contribution >= 0.6 is 11.6 Å². The minimum Gasteiger partial charge on any atom is -0.324 e. The maximum Gasteiger partial charge on any atom is 0.142 e. The molecule has 2 nitrogen and oxygen atoms in total. The molecule has 2 N–H and O–H groups in total. The summed E-state index contributed by atoms with van der Waals surface area (Å²) in [6, 6.07) is 6.48. The Balaban J connectivity index is 2.19. The van der Waals surface area contributed by atoms with E-state index in [4.69, 9.17) is 17.3 Å². The van der Waals surface area contributed by atoms with Gasteiger partial charge in [-0.3, -0.25) is 4.98 Å². The van der Waals surface area contributed by atoms with E-state index in [0.29, 0.717) is 6.42 Å². The van der Waals surface area contributed by atoms with Gasteiger partial charge in [0.25, 0.3) is 0 Å². The quantitative estimate of drug-likeness (QED) is 0.923. The molecule has 1 atom stereocenters. The number of aryl methyl sites for hydroxylation is 1. The average Bonchev–Trinajstić information content (AvgIpc) is 2.34. The van der Waals surface area contributed by atoms with Gasteiger partial charge in [-0.15, -0.1) is 0 Å². The molecule has 0 saturated heterocycles.